The van der Waals surface area contributed by atoms with E-state index in [1.165, 1.54) is 27.6 Å². The highest BCUT2D eigenvalue weighted by molar-refractivity contribution is 7.12. The van der Waals surface area contributed by atoms with Gasteiger partial charge in [0.15, 0.2) is 12.1 Å². The van der Waals surface area contributed by atoms with Gasteiger partial charge >= 0.3 is 0 Å². The number of nitrogens with two attached hydrogens (primary N) is 1. The number of carbonyl (C=O) groups is 2. The van der Waals surface area contributed by atoms with Crippen molar-refractivity contribution in [2.24, 2.45) is 22.9 Å². The Balaban J connectivity index is 1.50. The summed E-state index contributed by atoms with van der Waals surface area (Å²) in [5, 5.41) is 8.79. The molecule has 5 rings (SSSR count). The van der Waals surface area contributed by atoms with E-state index < -0.39 is 0 Å². The van der Waals surface area contributed by atoms with Crippen LogP contribution >= 0.6 is 11.3 Å². The summed E-state index contributed by atoms with van der Waals surface area (Å²) >= 11 is 1.77. The molecule has 0 atom stereocenters. The number of thiophene rings is 1. The van der Waals surface area contributed by atoms with Gasteiger partial charge in [0.1, 0.15) is 11.5 Å². The van der Waals surface area contributed by atoms with Crippen LogP contribution in [0.2, 0.25) is 0 Å². The topological polar surface area (TPSA) is 138 Å². The van der Waals surface area contributed by atoms with E-state index in [2.05, 4.69) is 32.2 Å². The molecule has 0 aromatic carbocycles. The highest BCUT2D eigenvalue weighted by atomic mass is 32.1. The van der Waals surface area contributed by atoms with E-state index in [0.717, 1.165) is 53.5 Å². The van der Waals surface area contributed by atoms with E-state index in [-0.39, 0.29) is 28.5 Å². The number of carbonyl (C=O) groups excluding carboxylic acids is 2. The molecule has 0 spiro atoms. The largest absolute Gasteiger partial charge is 0.386 e. The summed E-state index contributed by atoms with van der Waals surface area (Å²) in [5.74, 6) is 0.270. The Labute approximate surface area is 248 Å². The summed E-state index contributed by atoms with van der Waals surface area (Å²) in [4.78, 5) is 50.9. The Bertz CT molecular complexity index is 1670. The lowest BCUT2D eigenvalue weighted by Gasteiger charge is -2.25. The van der Waals surface area contributed by atoms with E-state index in [4.69, 9.17) is 5.73 Å². The molecule has 3 N–H and O–H groups in total. The van der Waals surface area contributed by atoms with Crippen LogP contribution in [-0.4, -0.2) is 65.9 Å². The zero-order chi connectivity index (χ0) is 29.8. The fourth-order valence-corrected chi connectivity index (χ4v) is 6.60. The summed E-state index contributed by atoms with van der Waals surface area (Å²) in [7, 11) is 3.62. The van der Waals surface area contributed by atoms with Crippen LogP contribution in [0.5, 0.6) is 0 Å². The molecule has 1 aliphatic heterocycles. The van der Waals surface area contributed by atoms with Crippen molar-refractivity contribution in [3.8, 4) is 11.1 Å². The number of amidine groups is 1. The molecule has 0 bridgehead atoms. The molecule has 0 radical (unpaired) electrons. The van der Waals surface area contributed by atoms with E-state index in [0.29, 0.717) is 30.4 Å². The number of nitrogens with one attached hydrogen (secondary N) is 1. The van der Waals surface area contributed by atoms with Gasteiger partial charge < -0.3 is 15.6 Å². The van der Waals surface area contributed by atoms with Crippen molar-refractivity contribution < 1.29 is 9.59 Å². The number of fused-ring (bicyclic) bond motifs is 1. The molecule has 4 heterocycles. The minimum atomic E-state index is -0.343. The molecule has 3 aromatic rings. The molecule has 1 amide bonds. The Morgan fingerprint density at radius 1 is 1.21 bits per heavy atom. The fourth-order valence-electron chi connectivity index (χ4n) is 5.36. The summed E-state index contributed by atoms with van der Waals surface area (Å²) in [5.41, 5.74) is 10.4. The highest BCUT2D eigenvalue weighted by Gasteiger charge is 2.20. The Morgan fingerprint density at radius 2 is 2.02 bits per heavy atom. The number of hydrazone groups is 1. The second-order valence-corrected chi connectivity index (χ2v) is 11.8. The van der Waals surface area contributed by atoms with Gasteiger partial charge in [0.2, 0.25) is 6.41 Å². The van der Waals surface area contributed by atoms with Gasteiger partial charge in [0.05, 0.1) is 11.8 Å². The van der Waals surface area contributed by atoms with E-state index >= 15 is 0 Å². The smallest absolute Gasteiger partial charge is 0.276 e. The van der Waals surface area contributed by atoms with Crippen LogP contribution in [-0.2, 0) is 24.7 Å². The first-order chi connectivity index (χ1) is 20.3. The molecule has 0 saturated carbocycles. The van der Waals surface area contributed by atoms with Crippen molar-refractivity contribution >= 4 is 47.6 Å². The maximum Gasteiger partial charge on any atom is 0.276 e. The van der Waals surface area contributed by atoms with E-state index in [9.17, 15) is 14.4 Å². The number of nitrogens with zero attached hydrogens (tertiary/aromatic N) is 6. The van der Waals surface area contributed by atoms with Gasteiger partial charge in [-0.3, -0.25) is 19.3 Å². The van der Waals surface area contributed by atoms with Crippen molar-refractivity contribution in [2.75, 3.05) is 31.7 Å². The molecule has 1 aliphatic carbocycles. The lowest BCUT2D eigenvalue weighted by Crippen LogP contribution is -2.40. The molecule has 218 valence electrons. The monoisotopic (exact) mass is 586 g/mol. The predicted molar refractivity (Wildman–Crippen MR) is 167 cm³/mol. The van der Waals surface area contributed by atoms with Crippen LogP contribution in [0.25, 0.3) is 11.1 Å². The highest BCUT2D eigenvalue weighted by Crippen LogP contribution is 2.34. The average Bonchev–Trinajstić information content (AvgIpc) is 3.30. The van der Waals surface area contributed by atoms with Crippen molar-refractivity contribution in [2.45, 2.75) is 32.6 Å². The van der Waals surface area contributed by atoms with Crippen LogP contribution in [0, 0.1) is 6.92 Å². The molecule has 11 nitrogen and oxygen atoms in total. The molecule has 12 heteroatoms. The number of aromatic nitrogens is 2. The van der Waals surface area contributed by atoms with Gasteiger partial charge in [0.25, 0.3) is 5.56 Å². The number of aryl methyl sites for hydroxylation is 3. The second kappa shape index (κ2) is 12.6. The molecule has 2 aliphatic rings. The Morgan fingerprint density at radius 3 is 2.79 bits per heavy atom. The SMILES string of the molecule is Cc1sc2c(c1/C=N\N(C=O)c1nccc(-c3cc(N=C(N)/C=C4/CN(C)CCN4)c(=O)n(C)c3)c1C=O)CCCC2. The zero-order valence-electron chi connectivity index (χ0n) is 24.0. The lowest BCUT2D eigenvalue weighted by molar-refractivity contribution is -0.107. The minimum absolute atomic E-state index is 0.0890. The number of aliphatic imine (C=N–C) groups is 1. The number of amides is 1. The number of hydrogen-bond acceptors (Lipinski definition) is 9. The lowest BCUT2D eigenvalue weighted by atomic mass is 9.95. The maximum atomic E-state index is 12.9. The van der Waals surface area contributed by atoms with Gasteiger partial charge in [-0.2, -0.15) is 10.1 Å². The van der Waals surface area contributed by atoms with Crippen LogP contribution in [0.3, 0.4) is 0 Å². The summed E-state index contributed by atoms with van der Waals surface area (Å²) in [6.45, 7) is 4.47. The third-order valence-electron chi connectivity index (χ3n) is 7.45. The number of likely N-dealkylation sites (N-methyl/N-ethyl adjacent to an activating group) is 1. The van der Waals surface area contributed by atoms with Crippen molar-refractivity contribution in [3.63, 3.8) is 0 Å². The molecule has 3 aromatic heterocycles. The molecule has 42 heavy (non-hydrogen) atoms. The number of anilines is 1. The quantitative estimate of drug-likeness (QED) is 0.179. The first kappa shape index (κ1) is 29.1. The summed E-state index contributed by atoms with van der Waals surface area (Å²) in [6, 6.07) is 3.23. The first-order valence-corrected chi connectivity index (χ1v) is 14.6. The van der Waals surface area contributed by atoms with Crippen molar-refractivity contribution in [3.05, 3.63) is 73.1 Å². The predicted octanol–water partition coefficient (Wildman–Crippen LogP) is 2.91. The molecule has 0 unspecified atom stereocenters. The summed E-state index contributed by atoms with van der Waals surface area (Å²) < 4.78 is 1.38. The average molecular weight is 587 g/mol. The number of aldehydes is 1. The first-order valence-electron chi connectivity index (χ1n) is 13.8. The number of piperazine rings is 1. The van der Waals surface area contributed by atoms with Gasteiger partial charge in [0, 0.05) is 71.7 Å². The van der Waals surface area contributed by atoms with E-state index in [1.807, 2.05) is 7.05 Å². The maximum absolute atomic E-state index is 12.9. The molecular weight excluding hydrogens is 552 g/mol. The number of pyridine rings is 2. The van der Waals surface area contributed by atoms with Crippen molar-refractivity contribution in [1.29, 1.82) is 0 Å². The third kappa shape index (κ3) is 6.09. The number of hydrogen-bond donors (Lipinski definition) is 2. The standard InChI is InChI=1S/C30H34N8O3S/c1-19-24(23-6-4-5-7-27(23)42-19)14-34-38(18-40)29-25(17-39)22(8-9-33-29)20-12-26(30(41)37(3)15-20)35-28(31)13-21-16-36(2)11-10-32-21/h8-9,12-15,17-18,32H,4-7,10-11,16H2,1-3H3,(H2,31,35)/b21-13-,34-14-. The normalized spacial score (nSPS) is 16.8. The second-order valence-electron chi connectivity index (χ2n) is 10.5. The number of rotatable bonds is 8. The third-order valence-corrected chi connectivity index (χ3v) is 8.67. The minimum Gasteiger partial charge on any atom is -0.386 e. The van der Waals surface area contributed by atoms with Crippen LogP contribution in [0.1, 0.15) is 44.1 Å². The fraction of sp³-hybridized carbons (Fsp3) is 0.333. The molecule has 1 saturated heterocycles. The van der Waals surface area contributed by atoms with Gasteiger partial charge in [-0.1, -0.05) is 0 Å². The van der Waals surface area contributed by atoms with E-state index in [1.54, 1.807) is 49.0 Å². The van der Waals surface area contributed by atoms with Crippen LogP contribution in [0.4, 0.5) is 11.5 Å². The van der Waals surface area contributed by atoms with Gasteiger partial charge in [-0.05, 0) is 62.9 Å². The van der Waals surface area contributed by atoms with Crippen LogP contribution in [0.15, 0.2) is 51.2 Å². The zero-order valence-corrected chi connectivity index (χ0v) is 24.8. The molecule has 1 fully saturated rings. The van der Waals surface area contributed by atoms with Gasteiger partial charge in [-0.15, -0.1) is 11.3 Å². The molecular formula is C30H34N8O3S. The van der Waals surface area contributed by atoms with Crippen molar-refractivity contribution in [1.82, 2.24) is 19.8 Å². The Kier molecular flexibility index (Phi) is 8.74. The summed E-state index contributed by atoms with van der Waals surface area (Å²) in [6.07, 6.45) is 12.0. The van der Waals surface area contributed by atoms with Gasteiger partial charge in [-0.25, -0.2) is 9.98 Å². The van der Waals surface area contributed by atoms with Crippen LogP contribution < -0.4 is 21.6 Å². The Hall–Kier alpha value is -4.42.